The van der Waals surface area contributed by atoms with Crippen LogP contribution in [0.2, 0.25) is 0 Å². The molecule has 0 bridgehead atoms. The lowest BCUT2D eigenvalue weighted by Crippen LogP contribution is -2.06. The van der Waals surface area contributed by atoms with Gasteiger partial charge in [-0.25, -0.2) is 4.79 Å². The molecule has 0 atom stereocenters. The molecule has 0 saturated carbocycles. The number of phenols is 1. The van der Waals surface area contributed by atoms with Gasteiger partial charge in [-0.15, -0.1) is 0 Å². The second kappa shape index (κ2) is 7.58. The zero-order valence-electron chi connectivity index (χ0n) is 10.9. The molecule has 0 aromatic heterocycles. The molecular formula is C14H20O4. The predicted octanol–water partition coefficient (Wildman–Crippen LogP) is 3.14. The number of ether oxygens (including phenoxy) is 2. The number of esters is 1. The Morgan fingerprint density at radius 3 is 2.67 bits per heavy atom. The number of carbonyl (C=O) groups is 1. The fourth-order valence-electron chi connectivity index (χ4n) is 1.59. The summed E-state index contributed by atoms with van der Waals surface area (Å²) in [7, 11) is 1.46. The van der Waals surface area contributed by atoms with Crippen molar-refractivity contribution in [2.75, 3.05) is 13.7 Å². The van der Waals surface area contributed by atoms with Gasteiger partial charge in [0.05, 0.1) is 19.3 Å². The summed E-state index contributed by atoms with van der Waals surface area (Å²) in [4.78, 5) is 11.7. The summed E-state index contributed by atoms with van der Waals surface area (Å²) in [6.45, 7) is 2.55. The van der Waals surface area contributed by atoms with Gasteiger partial charge in [0.25, 0.3) is 0 Å². The molecule has 0 heterocycles. The van der Waals surface area contributed by atoms with Crippen LogP contribution in [-0.2, 0) is 4.74 Å². The molecule has 1 aromatic rings. The third-order valence-corrected chi connectivity index (χ3v) is 2.65. The first kappa shape index (κ1) is 14.4. The molecule has 0 aliphatic carbocycles. The second-order valence-electron chi connectivity index (χ2n) is 4.08. The summed E-state index contributed by atoms with van der Waals surface area (Å²) in [5, 5.41) is 9.55. The van der Waals surface area contributed by atoms with Crippen molar-refractivity contribution in [3.05, 3.63) is 23.8 Å². The van der Waals surface area contributed by atoms with Gasteiger partial charge in [0.15, 0.2) is 11.5 Å². The van der Waals surface area contributed by atoms with Crippen LogP contribution in [0.25, 0.3) is 0 Å². The van der Waals surface area contributed by atoms with E-state index in [4.69, 9.17) is 9.47 Å². The quantitative estimate of drug-likeness (QED) is 0.598. The molecule has 0 saturated heterocycles. The Balaban J connectivity index is 2.44. The van der Waals surface area contributed by atoms with Gasteiger partial charge in [0.1, 0.15) is 0 Å². The number of carbonyl (C=O) groups excluding carboxylic acids is 1. The Hall–Kier alpha value is -1.71. The first-order valence-corrected chi connectivity index (χ1v) is 6.23. The van der Waals surface area contributed by atoms with Crippen LogP contribution in [0.15, 0.2) is 18.2 Å². The average Bonchev–Trinajstić information content (AvgIpc) is 2.38. The van der Waals surface area contributed by atoms with Crippen LogP contribution in [0.4, 0.5) is 0 Å². The number of hydrogen-bond acceptors (Lipinski definition) is 4. The highest BCUT2D eigenvalue weighted by molar-refractivity contribution is 5.90. The Morgan fingerprint density at radius 2 is 2.06 bits per heavy atom. The van der Waals surface area contributed by atoms with E-state index in [9.17, 15) is 9.90 Å². The van der Waals surface area contributed by atoms with E-state index in [1.807, 2.05) is 0 Å². The summed E-state index contributed by atoms with van der Waals surface area (Å²) in [6, 6.07) is 4.48. The van der Waals surface area contributed by atoms with Gasteiger partial charge < -0.3 is 14.6 Å². The van der Waals surface area contributed by atoms with Gasteiger partial charge in [-0.2, -0.15) is 0 Å². The summed E-state index contributed by atoms with van der Waals surface area (Å²) < 4.78 is 10.0. The van der Waals surface area contributed by atoms with Gasteiger partial charge in [-0.05, 0) is 24.6 Å². The van der Waals surface area contributed by atoms with Gasteiger partial charge in [0.2, 0.25) is 0 Å². The van der Waals surface area contributed by atoms with Crippen molar-refractivity contribution in [3.8, 4) is 11.5 Å². The smallest absolute Gasteiger partial charge is 0.338 e. The molecule has 0 aliphatic heterocycles. The van der Waals surface area contributed by atoms with E-state index in [1.54, 1.807) is 12.1 Å². The van der Waals surface area contributed by atoms with Crippen LogP contribution >= 0.6 is 0 Å². The lowest BCUT2D eigenvalue weighted by Gasteiger charge is -2.07. The topological polar surface area (TPSA) is 55.8 Å². The van der Waals surface area contributed by atoms with Crippen molar-refractivity contribution < 1.29 is 19.4 Å². The monoisotopic (exact) mass is 252 g/mol. The molecule has 0 radical (unpaired) electrons. The van der Waals surface area contributed by atoms with Gasteiger partial charge in [0, 0.05) is 0 Å². The molecule has 0 aliphatic rings. The molecule has 0 spiro atoms. The maximum Gasteiger partial charge on any atom is 0.338 e. The van der Waals surface area contributed by atoms with E-state index < -0.39 is 5.97 Å². The highest BCUT2D eigenvalue weighted by Crippen LogP contribution is 2.26. The minimum atomic E-state index is -0.413. The first-order valence-electron chi connectivity index (χ1n) is 6.23. The average molecular weight is 252 g/mol. The molecule has 100 valence electrons. The summed E-state index contributed by atoms with van der Waals surface area (Å²) >= 11 is 0. The zero-order chi connectivity index (χ0) is 13.4. The number of unbranched alkanes of at least 4 members (excludes halogenated alkanes) is 3. The largest absolute Gasteiger partial charge is 0.504 e. The standard InChI is InChI=1S/C14H20O4/c1-3-4-5-6-9-18-14(16)11-7-8-13(17-2)12(15)10-11/h7-8,10,15H,3-6,9H2,1-2H3. The van der Waals surface area contributed by atoms with Gasteiger partial charge >= 0.3 is 5.97 Å². The van der Waals surface area contributed by atoms with Gasteiger partial charge in [-0.1, -0.05) is 26.2 Å². The highest BCUT2D eigenvalue weighted by atomic mass is 16.5. The van der Waals surface area contributed by atoms with E-state index >= 15 is 0 Å². The van der Waals surface area contributed by atoms with E-state index in [0.29, 0.717) is 17.9 Å². The molecule has 0 amide bonds. The number of phenolic OH excluding ortho intramolecular Hbond substituents is 1. The molecular weight excluding hydrogens is 232 g/mol. The van der Waals surface area contributed by atoms with Crippen LogP contribution in [0.3, 0.4) is 0 Å². The van der Waals surface area contributed by atoms with E-state index in [-0.39, 0.29) is 5.75 Å². The highest BCUT2D eigenvalue weighted by Gasteiger charge is 2.10. The summed E-state index contributed by atoms with van der Waals surface area (Å²) in [5.41, 5.74) is 0.337. The fourth-order valence-corrected chi connectivity index (χ4v) is 1.59. The number of methoxy groups -OCH3 is 1. The number of benzene rings is 1. The third kappa shape index (κ3) is 4.28. The Morgan fingerprint density at radius 1 is 1.28 bits per heavy atom. The second-order valence-corrected chi connectivity index (χ2v) is 4.08. The van der Waals surface area contributed by atoms with E-state index in [1.165, 1.54) is 13.2 Å². The lowest BCUT2D eigenvalue weighted by molar-refractivity contribution is 0.0497. The van der Waals surface area contributed by atoms with Crippen molar-refractivity contribution in [1.82, 2.24) is 0 Å². The minimum Gasteiger partial charge on any atom is -0.504 e. The molecule has 0 unspecified atom stereocenters. The Labute approximate surface area is 108 Å². The van der Waals surface area contributed by atoms with Crippen molar-refractivity contribution in [1.29, 1.82) is 0 Å². The van der Waals surface area contributed by atoms with Crippen molar-refractivity contribution >= 4 is 5.97 Å². The van der Waals surface area contributed by atoms with Crippen LogP contribution < -0.4 is 4.74 Å². The maximum absolute atomic E-state index is 11.7. The van der Waals surface area contributed by atoms with E-state index in [2.05, 4.69) is 6.92 Å². The Bertz CT molecular complexity index is 387. The van der Waals surface area contributed by atoms with Crippen LogP contribution in [0.1, 0.15) is 43.0 Å². The first-order chi connectivity index (χ1) is 8.69. The zero-order valence-corrected chi connectivity index (χ0v) is 10.9. The molecule has 0 fully saturated rings. The fraction of sp³-hybridized carbons (Fsp3) is 0.500. The van der Waals surface area contributed by atoms with Crippen LogP contribution in [0.5, 0.6) is 11.5 Å². The molecule has 4 nitrogen and oxygen atoms in total. The molecule has 1 rings (SSSR count). The van der Waals surface area contributed by atoms with Crippen molar-refractivity contribution in [2.45, 2.75) is 32.6 Å². The molecule has 1 aromatic carbocycles. The lowest BCUT2D eigenvalue weighted by atomic mass is 10.2. The predicted molar refractivity (Wildman–Crippen MR) is 69.1 cm³/mol. The molecule has 1 N–H and O–H groups in total. The minimum absolute atomic E-state index is 0.0575. The summed E-state index contributed by atoms with van der Waals surface area (Å²) in [5.74, 6) is -0.128. The number of rotatable bonds is 7. The van der Waals surface area contributed by atoms with Crippen LogP contribution in [0, 0.1) is 0 Å². The van der Waals surface area contributed by atoms with Crippen LogP contribution in [-0.4, -0.2) is 24.8 Å². The SMILES string of the molecule is CCCCCCOC(=O)c1ccc(OC)c(O)c1. The summed E-state index contributed by atoms with van der Waals surface area (Å²) in [6.07, 6.45) is 4.25. The van der Waals surface area contributed by atoms with E-state index in [0.717, 1.165) is 25.7 Å². The normalized spacial score (nSPS) is 10.1. The third-order valence-electron chi connectivity index (χ3n) is 2.65. The van der Waals surface area contributed by atoms with Gasteiger partial charge in [-0.3, -0.25) is 0 Å². The van der Waals surface area contributed by atoms with Crippen molar-refractivity contribution in [2.24, 2.45) is 0 Å². The maximum atomic E-state index is 11.7. The molecule has 4 heteroatoms. The molecule has 18 heavy (non-hydrogen) atoms. The number of aromatic hydroxyl groups is 1. The van der Waals surface area contributed by atoms with Crippen molar-refractivity contribution in [3.63, 3.8) is 0 Å². The number of hydrogen-bond donors (Lipinski definition) is 1. The Kier molecular flexibility index (Phi) is 6.05.